The number of nitrogens with one attached hydrogen (secondary N) is 3. The van der Waals surface area contributed by atoms with E-state index in [4.69, 9.17) is 33.7 Å². The van der Waals surface area contributed by atoms with Crippen molar-refractivity contribution >= 4 is 82.0 Å². The van der Waals surface area contributed by atoms with Crippen LogP contribution in [0.25, 0.3) is 11.1 Å². The summed E-state index contributed by atoms with van der Waals surface area (Å²) in [6, 6.07) is 19.4. The second-order valence-corrected chi connectivity index (χ2v) is 26.4. The molecule has 0 aromatic heterocycles. The number of ether oxygens (including phenoxy) is 5. The summed E-state index contributed by atoms with van der Waals surface area (Å²) in [5.74, 6) is -0.590. The van der Waals surface area contributed by atoms with E-state index >= 15 is 0 Å². The molecule has 89 heavy (non-hydrogen) atoms. The zero-order chi connectivity index (χ0) is 64.5. The lowest BCUT2D eigenvalue weighted by Gasteiger charge is -2.40. The molecular formula is C69H82N8O12. The van der Waals surface area contributed by atoms with Crippen molar-refractivity contribution in [3.8, 4) is 28.7 Å². The highest BCUT2D eigenvalue weighted by atomic mass is 16.5. The predicted molar refractivity (Wildman–Crippen MR) is 341 cm³/mol. The lowest BCUT2D eigenvalue weighted by atomic mass is 9.73. The first-order valence-corrected chi connectivity index (χ1v) is 30.1. The minimum atomic E-state index is -1.09. The molecule has 20 nitrogen and oxygen atoms in total. The van der Waals surface area contributed by atoms with Gasteiger partial charge < -0.3 is 49.4 Å². The number of benzene rings is 4. The average Bonchev–Trinajstić information content (AvgIpc) is 1.77. The zero-order valence-corrected chi connectivity index (χ0v) is 53.4. The molecule has 5 atom stereocenters. The minimum absolute atomic E-state index is 0.133. The Morgan fingerprint density at radius 3 is 1.58 bits per heavy atom. The quantitative estimate of drug-likeness (QED) is 0.0556. The molecule has 5 heterocycles. The van der Waals surface area contributed by atoms with Crippen molar-refractivity contribution in [2.24, 2.45) is 32.1 Å². The van der Waals surface area contributed by atoms with Gasteiger partial charge in [-0.2, -0.15) is 0 Å². The van der Waals surface area contributed by atoms with Crippen molar-refractivity contribution in [2.45, 2.75) is 138 Å². The zero-order valence-electron chi connectivity index (χ0n) is 53.4. The Morgan fingerprint density at radius 1 is 0.618 bits per heavy atom. The van der Waals surface area contributed by atoms with E-state index < -0.39 is 52.6 Å². The van der Waals surface area contributed by atoms with Crippen LogP contribution in [-0.4, -0.2) is 133 Å². The van der Waals surface area contributed by atoms with Gasteiger partial charge in [-0.05, 0) is 110 Å². The van der Waals surface area contributed by atoms with Gasteiger partial charge in [0.25, 0.3) is 23.6 Å². The van der Waals surface area contributed by atoms with Crippen LogP contribution in [0.1, 0.15) is 140 Å². The summed E-state index contributed by atoms with van der Waals surface area (Å²) < 4.78 is 30.1. The molecule has 20 heteroatoms. The number of hydrogen-bond donors (Lipinski definition) is 3. The highest BCUT2D eigenvalue weighted by molar-refractivity contribution is 6.13. The van der Waals surface area contributed by atoms with E-state index in [2.05, 4.69) is 43.6 Å². The minimum Gasteiger partial charge on any atom is -0.497 e. The first-order chi connectivity index (χ1) is 42.1. The monoisotopic (exact) mass is 1210 g/mol. The fourth-order valence-electron chi connectivity index (χ4n) is 12.5. The average molecular weight is 1220 g/mol. The second-order valence-electron chi connectivity index (χ2n) is 26.4. The number of methoxy groups -OCH3 is 3. The van der Waals surface area contributed by atoms with E-state index in [9.17, 15) is 33.6 Å². The number of amides is 7. The maximum Gasteiger partial charge on any atom is 0.260 e. The van der Waals surface area contributed by atoms with Gasteiger partial charge in [0, 0.05) is 84.0 Å². The lowest BCUT2D eigenvalue weighted by molar-refractivity contribution is -0.146. The van der Waals surface area contributed by atoms with Gasteiger partial charge in [0.15, 0.2) is 23.0 Å². The van der Waals surface area contributed by atoms with E-state index in [1.54, 1.807) is 115 Å². The topological polar surface area (TPSA) is 236 Å². The summed E-state index contributed by atoms with van der Waals surface area (Å²) in [6.45, 7) is 21.2. The highest BCUT2D eigenvalue weighted by Gasteiger charge is 2.45. The van der Waals surface area contributed by atoms with Gasteiger partial charge in [-0.15, -0.1) is 0 Å². The molecule has 4 aromatic rings. The Bertz CT molecular complexity index is 3600. The molecule has 0 spiro atoms. The van der Waals surface area contributed by atoms with E-state index in [0.717, 1.165) is 39.3 Å². The maximum absolute atomic E-state index is 14.4. The lowest BCUT2D eigenvalue weighted by Crippen LogP contribution is -2.57. The van der Waals surface area contributed by atoms with Crippen LogP contribution >= 0.6 is 0 Å². The second kappa shape index (κ2) is 25.6. The summed E-state index contributed by atoms with van der Waals surface area (Å²) >= 11 is 0. The molecule has 9 rings (SSSR count). The molecule has 7 amide bonds. The van der Waals surface area contributed by atoms with Gasteiger partial charge in [0.1, 0.15) is 17.8 Å². The highest BCUT2D eigenvalue weighted by Crippen LogP contribution is 2.45. The number of hydrogen-bond acceptors (Lipinski definition) is 14. The first kappa shape index (κ1) is 64.4. The van der Waals surface area contributed by atoms with Gasteiger partial charge in [-0.25, -0.2) is 0 Å². The fourth-order valence-corrected chi connectivity index (χ4v) is 12.5. The van der Waals surface area contributed by atoms with Crippen molar-refractivity contribution < 1.29 is 57.2 Å². The number of fused-ring (bicyclic) bond motifs is 4. The first-order valence-electron chi connectivity index (χ1n) is 30.1. The van der Waals surface area contributed by atoms with E-state index in [-0.39, 0.29) is 47.1 Å². The number of imide groups is 1. The van der Waals surface area contributed by atoms with Gasteiger partial charge >= 0.3 is 0 Å². The molecule has 0 saturated carbocycles. The van der Waals surface area contributed by atoms with Crippen molar-refractivity contribution in [3.05, 3.63) is 120 Å². The largest absolute Gasteiger partial charge is 0.497 e. The summed E-state index contributed by atoms with van der Waals surface area (Å²) in [5.41, 5.74) is 3.26. The van der Waals surface area contributed by atoms with Crippen LogP contribution in [0.15, 0.2) is 107 Å². The normalized spacial score (nSPS) is 18.4. The molecular weight excluding hydrogens is 1130 g/mol. The summed E-state index contributed by atoms with van der Waals surface area (Å²) in [5, 5.41) is 8.44. The van der Waals surface area contributed by atoms with E-state index in [1.807, 2.05) is 55.0 Å². The van der Waals surface area contributed by atoms with Crippen LogP contribution < -0.4 is 39.6 Å². The Morgan fingerprint density at radius 2 is 1.11 bits per heavy atom. The van der Waals surface area contributed by atoms with Crippen molar-refractivity contribution in [2.75, 3.05) is 39.9 Å². The maximum atomic E-state index is 14.4. The van der Waals surface area contributed by atoms with Gasteiger partial charge in [-0.1, -0.05) is 79.7 Å². The standard InChI is InChI=1S/C69H82N8O12/c1-15-69(11,36-66(5,6)38-88-56-30-52-50(28-54(56)86-13)63(82)76-35-45(27-48(76)33-70-52)43-18-22-49(85-12)23-19-43)39-89-57-31-53-51(29-55(57)87-14)64(83)75-34-44(26-47(75)32-71-53)42-16-20-46(21-17-42)73-61(80)41(4)72-62(81)60(40(2)3)74-65(84)67(7,8)37-68(9,10)77-58(78)24-25-59(77)79/h16-25,28-35,40-41,47-48,60H,15,26-27,36-39H2,1-14H3,(H,72,81)(H,73,80)(H,74,84). The predicted octanol–water partition coefficient (Wildman–Crippen LogP) is 10.6. The van der Waals surface area contributed by atoms with Crippen molar-refractivity contribution in [1.82, 2.24) is 25.3 Å². The smallest absolute Gasteiger partial charge is 0.260 e. The van der Waals surface area contributed by atoms with Crippen LogP contribution in [0.4, 0.5) is 17.1 Å². The number of rotatable bonds is 24. The Kier molecular flexibility index (Phi) is 18.5. The molecule has 0 fully saturated rings. The molecule has 470 valence electrons. The number of nitrogens with zero attached hydrogens (tertiary/aromatic N) is 5. The van der Waals surface area contributed by atoms with Crippen LogP contribution in [0, 0.1) is 22.2 Å². The van der Waals surface area contributed by atoms with Gasteiger partial charge in [0.2, 0.25) is 17.7 Å². The third-order valence-electron chi connectivity index (χ3n) is 17.3. The fraction of sp³-hybridized carbons (Fsp3) is 0.435. The molecule has 5 unspecified atom stereocenters. The number of aliphatic imine (C=N–C) groups is 2. The van der Waals surface area contributed by atoms with E-state index in [0.29, 0.717) is 83.7 Å². The van der Waals surface area contributed by atoms with Crippen LogP contribution in [0.5, 0.6) is 28.7 Å². The summed E-state index contributed by atoms with van der Waals surface area (Å²) in [4.78, 5) is 108. The molecule has 0 bridgehead atoms. The third kappa shape index (κ3) is 14.0. The molecule has 0 radical (unpaired) electrons. The number of carbonyl (C=O) groups excluding carboxylic acids is 7. The molecule has 5 aliphatic heterocycles. The van der Waals surface area contributed by atoms with Gasteiger partial charge in [-0.3, -0.25) is 48.4 Å². The van der Waals surface area contributed by atoms with Crippen molar-refractivity contribution in [1.29, 1.82) is 0 Å². The summed E-state index contributed by atoms with van der Waals surface area (Å²) in [6.07, 6.45) is 12.5. The van der Waals surface area contributed by atoms with Crippen LogP contribution in [-0.2, 0) is 24.0 Å². The number of anilines is 1. The Hall–Kier alpha value is -9.07. The molecule has 0 aliphatic carbocycles. The molecule has 0 saturated heterocycles. The summed E-state index contributed by atoms with van der Waals surface area (Å²) in [7, 11) is 4.73. The molecule has 5 aliphatic rings. The van der Waals surface area contributed by atoms with Crippen LogP contribution in [0.3, 0.4) is 0 Å². The van der Waals surface area contributed by atoms with E-state index in [1.165, 1.54) is 19.3 Å². The SMILES string of the molecule is CCC(C)(COc1cc2c(cc1OC)C(=O)N1C=C(c3ccc(NC(=O)C(C)NC(=O)C(NC(=O)C(C)(C)CC(C)(C)N4C(=O)C=CC4=O)C(C)C)cc3)CC1C=N2)CC(C)(C)COc1cc2c(cc1OC)C(=O)N1C=C(c3ccc(OC)cc3)CC1C=N2. The third-order valence-corrected chi connectivity index (χ3v) is 17.3. The van der Waals surface area contributed by atoms with Gasteiger partial charge in [0.05, 0.1) is 69.1 Å². The molecule has 4 aromatic carbocycles. The number of carbonyl (C=O) groups is 7. The van der Waals surface area contributed by atoms with Crippen LogP contribution in [0.2, 0.25) is 0 Å². The Labute approximate surface area is 520 Å². The molecule has 3 N–H and O–H groups in total. The van der Waals surface area contributed by atoms with Crippen molar-refractivity contribution in [3.63, 3.8) is 0 Å². The Balaban J connectivity index is 0.781.